The minimum atomic E-state index is 0.639. The smallest absolute Gasteiger partial charge is 0.00259 e. The maximum Gasteiger partial charge on any atom is 0.00259 e. The second-order valence-corrected chi connectivity index (χ2v) is 3.96. The Morgan fingerprint density at radius 2 is 2.15 bits per heavy atom. The molecule has 0 bridgehead atoms. The third-order valence-corrected chi connectivity index (χ3v) is 3.09. The van der Waals surface area contributed by atoms with Crippen LogP contribution in [0.5, 0.6) is 0 Å². The normalized spacial score (nSPS) is 23.6. The van der Waals surface area contributed by atoms with Gasteiger partial charge in [0.2, 0.25) is 0 Å². The zero-order valence-corrected chi connectivity index (χ0v) is 8.59. The fourth-order valence-corrected chi connectivity index (χ4v) is 2.20. The van der Waals surface area contributed by atoms with Crippen molar-refractivity contribution in [2.24, 2.45) is 0 Å². The van der Waals surface area contributed by atoms with E-state index in [-0.39, 0.29) is 0 Å². The molecule has 0 heterocycles. The predicted octanol–water partition coefficient (Wildman–Crippen LogP) is 3.60. The van der Waals surface area contributed by atoms with Crippen molar-refractivity contribution in [2.45, 2.75) is 33.1 Å². The van der Waals surface area contributed by atoms with Crippen molar-refractivity contribution in [1.29, 1.82) is 0 Å². The summed E-state index contributed by atoms with van der Waals surface area (Å²) in [6.07, 6.45) is 3.42. The summed E-state index contributed by atoms with van der Waals surface area (Å²) < 4.78 is 0. The molecule has 13 heavy (non-hydrogen) atoms. The average molecular weight is 172 g/mol. The minimum absolute atomic E-state index is 0.639. The number of rotatable bonds is 0. The second-order valence-electron chi connectivity index (χ2n) is 3.96. The van der Waals surface area contributed by atoms with Gasteiger partial charge in [0, 0.05) is 5.92 Å². The molecule has 0 saturated carbocycles. The van der Waals surface area contributed by atoms with Crippen LogP contribution in [-0.2, 0) is 6.42 Å². The molecule has 1 atom stereocenters. The van der Waals surface area contributed by atoms with Gasteiger partial charge in [-0.3, -0.25) is 0 Å². The van der Waals surface area contributed by atoms with Crippen LogP contribution in [0.3, 0.4) is 0 Å². The van der Waals surface area contributed by atoms with Crippen molar-refractivity contribution in [3.05, 3.63) is 46.5 Å². The highest BCUT2D eigenvalue weighted by Crippen LogP contribution is 2.37. The highest BCUT2D eigenvalue weighted by atomic mass is 14.3. The van der Waals surface area contributed by atoms with Crippen molar-refractivity contribution < 1.29 is 0 Å². The number of benzene rings is 1. The summed E-state index contributed by atoms with van der Waals surface area (Å²) in [6, 6.07) is 6.82. The first-order valence-corrected chi connectivity index (χ1v) is 4.97. The van der Waals surface area contributed by atoms with E-state index in [0.717, 1.165) is 6.42 Å². The lowest BCUT2D eigenvalue weighted by atomic mass is 9.99. The molecule has 1 aromatic carbocycles. The van der Waals surface area contributed by atoms with Crippen LogP contribution in [-0.4, -0.2) is 0 Å². The molecular formula is C13H16. The third kappa shape index (κ3) is 1.31. The van der Waals surface area contributed by atoms with Crippen LogP contribution >= 0.6 is 0 Å². The first-order chi connectivity index (χ1) is 6.22. The maximum absolute atomic E-state index is 2.33. The Labute approximate surface area is 80.3 Å². The van der Waals surface area contributed by atoms with E-state index in [1.807, 2.05) is 0 Å². The molecule has 1 aliphatic rings. The van der Waals surface area contributed by atoms with Crippen LogP contribution in [0.4, 0.5) is 0 Å². The van der Waals surface area contributed by atoms with E-state index in [1.165, 1.54) is 16.7 Å². The molecule has 0 aromatic heterocycles. The Bertz CT molecular complexity index is 358. The molecule has 0 amide bonds. The zero-order chi connectivity index (χ0) is 9.42. The summed E-state index contributed by atoms with van der Waals surface area (Å²) in [7, 11) is 0. The van der Waals surface area contributed by atoms with E-state index in [2.05, 4.69) is 45.0 Å². The van der Waals surface area contributed by atoms with E-state index in [1.54, 1.807) is 5.57 Å². The summed E-state index contributed by atoms with van der Waals surface area (Å²) in [4.78, 5) is 0. The Morgan fingerprint density at radius 1 is 1.38 bits per heavy atom. The van der Waals surface area contributed by atoms with E-state index in [0.29, 0.717) is 5.92 Å². The van der Waals surface area contributed by atoms with E-state index < -0.39 is 0 Å². The first-order valence-electron chi connectivity index (χ1n) is 4.97. The lowest BCUT2D eigenvalue weighted by Crippen LogP contribution is -1.89. The number of fused-ring (bicyclic) bond motifs is 1. The second kappa shape index (κ2) is 3.02. The molecule has 1 aromatic rings. The molecule has 0 heteroatoms. The van der Waals surface area contributed by atoms with Gasteiger partial charge in [-0.2, -0.15) is 0 Å². The molecule has 2 rings (SSSR count). The summed E-state index contributed by atoms with van der Waals surface area (Å²) in [5.41, 5.74) is 6.00. The number of aryl methyl sites for hydroxylation is 1. The predicted molar refractivity (Wildman–Crippen MR) is 57.1 cm³/mol. The number of hydrogen-bond donors (Lipinski definition) is 0. The average Bonchev–Trinajstić information content (AvgIpc) is 2.44. The Balaban J connectivity index is 2.50. The molecule has 0 saturated heterocycles. The standard InChI is InChI=1S/C13H16/c1-4-11-8-12-6-5-9(2)7-13(12)10(11)3/h4-7,10H,8H2,1-3H3/b11-4+. The summed E-state index contributed by atoms with van der Waals surface area (Å²) in [6.45, 7) is 6.62. The van der Waals surface area contributed by atoms with Crippen LogP contribution < -0.4 is 0 Å². The number of allylic oxidation sites excluding steroid dienone is 2. The van der Waals surface area contributed by atoms with Gasteiger partial charge in [0.05, 0.1) is 0 Å². The summed E-state index contributed by atoms with van der Waals surface area (Å²) in [5, 5.41) is 0. The van der Waals surface area contributed by atoms with Crippen LogP contribution in [0.1, 0.15) is 36.5 Å². The van der Waals surface area contributed by atoms with Crippen LogP contribution in [0.2, 0.25) is 0 Å². The van der Waals surface area contributed by atoms with Gasteiger partial charge in [-0.15, -0.1) is 0 Å². The Hall–Kier alpha value is -1.04. The van der Waals surface area contributed by atoms with Crippen LogP contribution in [0.25, 0.3) is 0 Å². The van der Waals surface area contributed by atoms with Crippen molar-refractivity contribution in [1.82, 2.24) is 0 Å². The zero-order valence-electron chi connectivity index (χ0n) is 8.59. The van der Waals surface area contributed by atoms with Crippen molar-refractivity contribution >= 4 is 0 Å². The highest BCUT2D eigenvalue weighted by molar-refractivity contribution is 5.46. The molecule has 0 radical (unpaired) electrons. The van der Waals surface area contributed by atoms with Gasteiger partial charge in [0.25, 0.3) is 0 Å². The van der Waals surface area contributed by atoms with E-state index in [9.17, 15) is 0 Å². The monoisotopic (exact) mass is 172 g/mol. The molecular weight excluding hydrogens is 156 g/mol. The maximum atomic E-state index is 2.33. The van der Waals surface area contributed by atoms with Gasteiger partial charge >= 0.3 is 0 Å². The highest BCUT2D eigenvalue weighted by Gasteiger charge is 2.22. The van der Waals surface area contributed by atoms with E-state index in [4.69, 9.17) is 0 Å². The van der Waals surface area contributed by atoms with E-state index >= 15 is 0 Å². The molecule has 0 nitrogen and oxygen atoms in total. The lowest BCUT2D eigenvalue weighted by Gasteiger charge is -2.06. The van der Waals surface area contributed by atoms with Crippen molar-refractivity contribution in [3.8, 4) is 0 Å². The van der Waals surface area contributed by atoms with Crippen LogP contribution in [0.15, 0.2) is 29.8 Å². The molecule has 0 aliphatic heterocycles. The van der Waals surface area contributed by atoms with Gasteiger partial charge in [0.1, 0.15) is 0 Å². The van der Waals surface area contributed by atoms with Crippen LogP contribution in [0, 0.1) is 6.92 Å². The first kappa shape index (κ1) is 8.55. The van der Waals surface area contributed by atoms with Crippen molar-refractivity contribution in [3.63, 3.8) is 0 Å². The number of hydrogen-bond acceptors (Lipinski definition) is 0. The molecule has 1 aliphatic carbocycles. The molecule has 68 valence electrons. The molecule has 0 spiro atoms. The van der Waals surface area contributed by atoms with Gasteiger partial charge < -0.3 is 0 Å². The lowest BCUT2D eigenvalue weighted by molar-refractivity contribution is 0.921. The summed E-state index contributed by atoms with van der Waals surface area (Å²) in [5.74, 6) is 0.639. The summed E-state index contributed by atoms with van der Waals surface area (Å²) >= 11 is 0. The minimum Gasteiger partial charge on any atom is -0.0875 e. The fourth-order valence-electron chi connectivity index (χ4n) is 2.20. The largest absolute Gasteiger partial charge is 0.0875 e. The fraction of sp³-hybridized carbons (Fsp3) is 0.385. The van der Waals surface area contributed by atoms with Gasteiger partial charge in [-0.05, 0) is 31.4 Å². The Kier molecular flexibility index (Phi) is 1.99. The quantitative estimate of drug-likeness (QED) is 0.524. The van der Waals surface area contributed by atoms with Gasteiger partial charge in [0.15, 0.2) is 0 Å². The van der Waals surface area contributed by atoms with Crippen molar-refractivity contribution in [2.75, 3.05) is 0 Å². The van der Waals surface area contributed by atoms with Gasteiger partial charge in [-0.1, -0.05) is 42.3 Å². The molecule has 0 fully saturated rings. The molecule has 1 unspecified atom stereocenters. The SMILES string of the molecule is C/C=C1\Cc2ccc(C)cc2C1C. The third-order valence-electron chi connectivity index (χ3n) is 3.09. The van der Waals surface area contributed by atoms with Gasteiger partial charge in [-0.25, -0.2) is 0 Å². The Morgan fingerprint density at radius 3 is 2.85 bits per heavy atom. The molecule has 0 N–H and O–H groups in total. The topological polar surface area (TPSA) is 0 Å².